The highest BCUT2D eigenvalue weighted by Gasteiger charge is 2.32. The second-order valence-electron chi connectivity index (χ2n) is 6.71. The summed E-state index contributed by atoms with van der Waals surface area (Å²) in [6.45, 7) is 0.546. The van der Waals surface area contributed by atoms with Crippen molar-refractivity contribution in [1.29, 1.82) is 0 Å². The highest BCUT2D eigenvalue weighted by Crippen LogP contribution is 2.30. The smallest absolute Gasteiger partial charge is 0.233 e. The van der Waals surface area contributed by atoms with E-state index in [1.807, 2.05) is 29.2 Å². The fraction of sp³-hybridized carbons (Fsp3) is 0.300. The summed E-state index contributed by atoms with van der Waals surface area (Å²) in [5, 5.41) is 0.466. The number of H-pyrrole nitrogens is 1. The minimum absolute atomic E-state index is 0.0149. The molecule has 0 bridgehead atoms. The molecule has 5 nitrogen and oxygen atoms in total. The molecule has 1 aliphatic carbocycles. The number of nitrogens with one attached hydrogen (secondary N) is 1. The van der Waals surface area contributed by atoms with Crippen LogP contribution in [0.3, 0.4) is 0 Å². The number of hydrogen-bond acceptors (Lipinski definition) is 4. The molecule has 3 aromatic rings. The van der Waals surface area contributed by atoms with Crippen molar-refractivity contribution in [2.45, 2.75) is 30.6 Å². The number of halogens is 2. The van der Waals surface area contributed by atoms with Gasteiger partial charge in [0.05, 0.1) is 23.9 Å². The second-order valence-corrected chi connectivity index (χ2v) is 7.68. The van der Waals surface area contributed by atoms with Crippen LogP contribution in [0, 0.1) is 11.6 Å². The number of aromatic amines is 1. The lowest BCUT2D eigenvalue weighted by Crippen LogP contribution is -2.34. The molecule has 0 saturated heterocycles. The lowest BCUT2D eigenvalue weighted by atomic mass is 10.2. The first-order chi connectivity index (χ1) is 13.5. The van der Waals surface area contributed by atoms with Crippen LogP contribution in [0.5, 0.6) is 5.75 Å². The Morgan fingerprint density at radius 1 is 1.25 bits per heavy atom. The quantitative estimate of drug-likeness (QED) is 0.603. The predicted octanol–water partition coefficient (Wildman–Crippen LogP) is 4.13. The number of amides is 1. The first-order valence-corrected chi connectivity index (χ1v) is 9.92. The van der Waals surface area contributed by atoms with Crippen molar-refractivity contribution in [2.75, 3.05) is 12.9 Å². The molecule has 4 rings (SSSR count). The Morgan fingerprint density at radius 2 is 1.96 bits per heavy atom. The summed E-state index contributed by atoms with van der Waals surface area (Å²) in [4.78, 5) is 21.8. The lowest BCUT2D eigenvalue weighted by Gasteiger charge is -2.22. The van der Waals surface area contributed by atoms with Crippen LogP contribution in [0.25, 0.3) is 11.0 Å². The Bertz CT molecular complexity index is 964. The number of rotatable bonds is 7. The van der Waals surface area contributed by atoms with Crippen LogP contribution in [0.2, 0.25) is 0 Å². The third-order valence-corrected chi connectivity index (χ3v) is 5.51. The molecule has 1 heterocycles. The molecular weight excluding hydrogens is 384 g/mol. The van der Waals surface area contributed by atoms with Crippen molar-refractivity contribution >= 4 is 28.7 Å². The lowest BCUT2D eigenvalue weighted by molar-refractivity contribution is -0.129. The Morgan fingerprint density at radius 3 is 2.64 bits per heavy atom. The fourth-order valence-electron chi connectivity index (χ4n) is 3.00. The molecule has 1 amide bonds. The van der Waals surface area contributed by atoms with Crippen molar-refractivity contribution < 1.29 is 18.3 Å². The standard InChI is InChI=1S/C20H19F2N3O2S/c1-27-14-6-2-12(3-7-14)10-25(13-4-5-13)19(26)11-28-20-23-17-8-15(21)16(22)9-18(17)24-20/h2-3,6-9,13H,4-5,10-11H2,1H3,(H,23,24). The van der Waals surface area contributed by atoms with Gasteiger partial charge in [0.2, 0.25) is 5.91 Å². The van der Waals surface area contributed by atoms with E-state index in [1.165, 1.54) is 11.8 Å². The van der Waals surface area contributed by atoms with Crippen LogP contribution in [-0.4, -0.2) is 39.7 Å². The van der Waals surface area contributed by atoms with Crippen molar-refractivity contribution in [1.82, 2.24) is 14.9 Å². The predicted molar refractivity (Wildman–Crippen MR) is 103 cm³/mol. The van der Waals surface area contributed by atoms with Crippen LogP contribution in [0.4, 0.5) is 8.78 Å². The van der Waals surface area contributed by atoms with Crippen LogP contribution in [0.15, 0.2) is 41.6 Å². The number of thioether (sulfide) groups is 1. The molecule has 0 spiro atoms. The number of benzene rings is 2. The Hall–Kier alpha value is -2.61. The maximum Gasteiger partial charge on any atom is 0.233 e. The molecule has 28 heavy (non-hydrogen) atoms. The van der Waals surface area contributed by atoms with E-state index in [2.05, 4.69) is 9.97 Å². The molecule has 0 unspecified atom stereocenters. The molecule has 0 aliphatic heterocycles. The van der Waals surface area contributed by atoms with E-state index >= 15 is 0 Å². The summed E-state index contributed by atoms with van der Waals surface area (Å²) >= 11 is 1.23. The topological polar surface area (TPSA) is 58.2 Å². The van der Waals surface area contributed by atoms with E-state index < -0.39 is 11.6 Å². The largest absolute Gasteiger partial charge is 0.497 e. The zero-order chi connectivity index (χ0) is 19.7. The van der Waals surface area contributed by atoms with Gasteiger partial charge in [0.15, 0.2) is 16.8 Å². The average molecular weight is 403 g/mol. The second kappa shape index (κ2) is 7.79. The molecule has 1 N–H and O–H groups in total. The number of nitrogens with zero attached hydrogens (tertiary/aromatic N) is 2. The van der Waals surface area contributed by atoms with Gasteiger partial charge in [0.25, 0.3) is 0 Å². The molecule has 1 aliphatic rings. The van der Waals surface area contributed by atoms with Gasteiger partial charge in [-0.25, -0.2) is 13.8 Å². The van der Waals surface area contributed by atoms with Crippen molar-refractivity contribution in [3.05, 3.63) is 53.6 Å². The summed E-state index contributed by atoms with van der Waals surface area (Å²) in [6, 6.07) is 10.1. The molecule has 8 heteroatoms. The Labute approximate surface area is 165 Å². The van der Waals surface area contributed by atoms with Gasteiger partial charge in [-0.1, -0.05) is 23.9 Å². The zero-order valence-electron chi connectivity index (χ0n) is 15.2. The van der Waals surface area contributed by atoms with Gasteiger partial charge in [0, 0.05) is 24.7 Å². The first-order valence-electron chi connectivity index (χ1n) is 8.93. The summed E-state index contributed by atoms with van der Waals surface area (Å²) in [7, 11) is 1.62. The van der Waals surface area contributed by atoms with Crippen molar-refractivity contribution in [2.24, 2.45) is 0 Å². The Balaban J connectivity index is 1.42. The van der Waals surface area contributed by atoms with E-state index in [0.717, 1.165) is 36.3 Å². The number of imidazole rings is 1. The van der Waals surface area contributed by atoms with Crippen LogP contribution in [0.1, 0.15) is 18.4 Å². The summed E-state index contributed by atoms with van der Waals surface area (Å²) in [5.41, 5.74) is 1.79. The van der Waals surface area contributed by atoms with Gasteiger partial charge in [-0.2, -0.15) is 0 Å². The highest BCUT2D eigenvalue weighted by molar-refractivity contribution is 7.99. The monoisotopic (exact) mass is 403 g/mol. The third-order valence-electron chi connectivity index (χ3n) is 4.65. The normalized spacial score (nSPS) is 13.7. The molecule has 1 aromatic heterocycles. The third kappa shape index (κ3) is 4.11. The number of aromatic nitrogens is 2. The number of hydrogen-bond donors (Lipinski definition) is 1. The summed E-state index contributed by atoms with van der Waals surface area (Å²) in [6.07, 6.45) is 2.02. The van der Waals surface area contributed by atoms with Gasteiger partial charge in [-0.15, -0.1) is 0 Å². The molecule has 0 atom stereocenters. The molecule has 1 fully saturated rings. The Kier molecular flexibility index (Phi) is 5.21. The van der Waals surface area contributed by atoms with Crippen LogP contribution >= 0.6 is 11.8 Å². The first kappa shape index (κ1) is 18.7. The fourth-order valence-corrected chi connectivity index (χ4v) is 3.77. The highest BCUT2D eigenvalue weighted by atomic mass is 32.2. The molecule has 146 valence electrons. The van der Waals surface area contributed by atoms with E-state index in [4.69, 9.17) is 4.74 Å². The SMILES string of the molecule is COc1ccc(CN(C(=O)CSc2nc3cc(F)c(F)cc3[nH]2)C2CC2)cc1. The van der Waals surface area contributed by atoms with E-state index in [9.17, 15) is 13.6 Å². The van der Waals surface area contributed by atoms with E-state index in [1.54, 1.807) is 7.11 Å². The van der Waals surface area contributed by atoms with E-state index in [-0.39, 0.29) is 17.7 Å². The van der Waals surface area contributed by atoms with Gasteiger partial charge in [0.1, 0.15) is 5.75 Å². The maximum atomic E-state index is 13.3. The van der Waals surface area contributed by atoms with Gasteiger partial charge < -0.3 is 14.6 Å². The van der Waals surface area contributed by atoms with Crippen LogP contribution in [-0.2, 0) is 11.3 Å². The number of ether oxygens (including phenoxy) is 1. The minimum Gasteiger partial charge on any atom is -0.497 e. The maximum absolute atomic E-state index is 13.3. The summed E-state index contributed by atoms with van der Waals surface area (Å²) < 4.78 is 31.8. The number of carbonyl (C=O) groups is 1. The van der Waals surface area contributed by atoms with Gasteiger partial charge >= 0.3 is 0 Å². The van der Waals surface area contributed by atoms with E-state index in [0.29, 0.717) is 22.7 Å². The summed E-state index contributed by atoms with van der Waals surface area (Å²) in [5.74, 6) is -0.867. The average Bonchev–Trinajstić information content (AvgIpc) is 3.46. The minimum atomic E-state index is -0.939. The van der Waals surface area contributed by atoms with Crippen LogP contribution < -0.4 is 4.74 Å². The molecule has 1 saturated carbocycles. The van der Waals surface area contributed by atoms with Crippen molar-refractivity contribution in [3.8, 4) is 5.75 Å². The zero-order valence-corrected chi connectivity index (χ0v) is 16.1. The molecular formula is C20H19F2N3O2S. The molecule has 0 radical (unpaired) electrons. The van der Waals surface area contributed by atoms with Gasteiger partial charge in [-0.3, -0.25) is 4.79 Å². The number of methoxy groups -OCH3 is 1. The van der Waals surface area contributed by atoms with Gasteiger partial charge in [-0.05, 0) is 30.5 Å². The number of carbonyl (C=O) groups excluding carboxylic acids is 1. The number of fused-ring (bicyclic) bond motifs is 1. The molecule has 2 aromatic carbocycles. The van der Waals surface area contributed by atoms with Crippen molar-refractivity contribution in [3.63, 3.8) is 0 Å².